The number of esters is 1. The van der Waals surface area contributed by atoms with Crippen LogP contribution in [-0.2, 0) is 4.74 Å². The molecule has 3 heteroatoms. The number of rotatable bonds is 3. The lowest BCUT2D eigenvalue weighted by Gasteiger charge is -2.27. The summed E-state index contributed by atoms with van der Waals surface area (Å²) in [5, 5.41) is 0. The lowest BCUT2D eigenvalue weighted by atomic mass is 9.83. The Morgan fingerprint density at radius 3 is 1.92 bits per heavy atom. The molecule has 0 aromatic heterocycles. The van der Waals surface area contributed by atoms with Gasteiger partial charge in [-0.3, -0.25) is 4.79 Å². The zero-order chi connectivity index (χ0) is 18.1. The van der Waals surface area contributed by atoms with Gasteiger partial charge in [0, 0.05) is 22.3 Å². The Bertz CT molecular complexity index is 966. The highest BCUT2D eigenvalue weighted by atomic mass is 16.5. The van der Waals surface area contributed by atoms with Crippen molar-refractivity contribution in [2.24, 2.45) is 0 Å². The maximum Gasteiger partial charge on any atom is 0.339 e. The fraction of sp³-hybridized carbons (Fsp3) is 0.0435. The Hall–Kier alpha value is -3.46. The minimum Gasteiger partial charge on any atom is -0.449 e. The largest absolute Gasteiger partial charge is 0.449 e. The molecule has 126 valence electrons. The van der Waals surface area contributed by atoms with Gasteiger partial charge >= 0.3 is 5.97 Å². The molecule has 0 saturated heterocycles. The van der Waals surface area contributed by atoms with Crippen molar-refractivity contribution in [2.75, 3.05) is 0 Å². The molecule has 1 aliphatic rings. The molecule has 0 N–H and O–H groups in total. The van der Waals surface area contributed by atoms with Gasteiger partial charge in [0.2, 0.25) is 0 Å². The Labute approximate surface area is 151 Å². The monoisotopic (exact) mass is 340 g/mol. The van der Waals surface area contributed by atoms with Crippen molar-refractivity contribution >= 4 is 17.8 Å². The lowest BCUT2D eigenvalue weighted by Crippen LogP contribution is -2.23. The Balaban J connectivity index is 1.74. The average Bonchev–Trinajstić information content (AvgIpc) is 2.71. The maximum atomic E-state index is 12.7. The number of ether oxygens (including phenoxy) is 1. The van der Waals surface area contributed by atoms with Crippen LogP contribution in [0.15, 0.2) is 79.4 Å². The second kappa shape index (κ2) is 6.45. The molecule has 1 aliphatic carbocycles. The van der Waals surface area contributed by atoms with Crippen molar-refractivity contribution in [2.45, 2.75) is 6.10 Å². The van der Waals surface area contributed by atoms with E-state index < -0.39 is 12.1 Å². The van der Waals surface area contributed by atoms with Crippen LogP contribution in [0.1, 0.15) is 49.1 Å². The molecule has 3 nitrogen and oxygen atoms in total. The summed E-state index contributed by atoms with van der Waals surface area (Å²) in [6, 6.07) is 21.6. The molecular weight excluding hydrogens is 324 g/mol. The van der Waals surface area contributed by atoms with Crippen molar-refractivity contribution in [1.82, 2.24) is 0 Å². The third kappa shape index (κ3) is 2.64. The van der Waals surface area contributed by atoms with Crippen LogP contribution in [0.3, 0.4) is 0 Å². The highest BCUT2D eigenvalue weighted by Gasteiger charge is 2.33. The second-order valence-corrected chi connectivity index (χ2v) is 6.12. The van der Waals surface area contributed by atoms with Gasteiger partial charge < -0.3 is 4.74 Å². The standard InChI is InChI=1S/C23H16O3/c1-2-15-11-13-16(14-12-15)23(25)26-22-19-9-5-3-7-17(19)21(24)18-8-4-6-10-20(18)22/h2-14,22H,1H2. The summed E-state index contributed by atoms with van der Waals surface area (Å²) in [5.41, 5.74) is 3.97. The van der Waals surface area contributed by atoms with Crippen LogP contribution in [0.2, 0.25) is 0 Å². The van der Waals surface area contributed by atoms with E-state index in [0.29, 0.717) is 27.8 Å². The number of hydrogen-bond acceptors (Lipinski definition) is 3. The minimum atomic E-state index is -0.605. The van der Waals surface area contributed by atoms with Gasteiger partial charge in [0.05, 0.1) is 5.56 Å². The van der Waals surface area contributed by atoms with Crippen LogP contribution >= 0.6 is 0 Å². The highest BCUT2D eigenvalue weighted by Crippen LogP contribution is 2.37. The third-order valence-electron chi connectivity index (χ3n) is 4.58. The van der Waals surface area contributed by atoms with Gasteiger partial charge in [-0.15, -0.1) is 0 Å². The zero-order valence-electron chi connectivity index (χ0n) is 14.0. The number of carbonyl (C=O) groups is 2. The van der Waals surface area contributed by atoms with E-state index in [0.717, 1.165) is 5.56 Å². The summed E-state index contributed by atoms with van der Waals surface area (Å²) in [5.74, 6) is -0.469. The van der Waals surface area contributed by atoms with Gasteiger partial charge in [-0.05, 0) is 17.7 Å². The van der Waals surface area contributed by atoms with E-state index >= 15 is 0 Å². The normalized spacial score (nSPS) is 12.8. The molecule has 0 heterocycles. The number of ketones is 1. The fourth-order valence-electron chi connectivity index (χ4n) is 3.23. The molecule has 3 aromatic rings. The summed E-state index contributed by atoms with van der Waals surface area (Å²) < 4.78 is 5.84. The van der Waals surface area contributed by atoms with Crippen LogP contribution in [0.5, 0.6) is 0 Å². The van der Waals surface area contributed by atoms with Crippen molar-refractivity contribution in [3.05, 3.63) is 113 Å². The molecule has 0 saturated carbocycles. The van der Waals surface area contributed by atoms with Gasteiger partial charge in [0.15, 0.2) is 11.9 Å². The average molecular weight is 340 g/mol. The molecule has 0 spiro atoms. The second-order valence-electron chi connectivity index (χ2n) is 6.12. The fourth-order valence-corrected chi connectivity index (χ4v) is 3.23. The Kier molecular flexibility index (Phi) is 3.98. The molecular formula is C23H16O3. The van der Waals surface area contributed by atoms with Crippen LogP contribution in [0.4, 0.5) is 0 Å². The third-order valence-corrected chi connectivity index (χ3v) is 4.58. The predicted molar refractivity (Wildman–Crippen MR) is 100 cm³/mol. The first-order valence-corrected chi connectivity index (χ1v) is 8.35. The minimum absolute atomic E-state index is 0.0427. The molecule has 26 heavy (non-hydrogen) atoms. The summed E-state index contributed by atoms with van der Waals surface area (Å²) in [6.07, 6.45) is 1.11. The molecule has 0 unspecified atom stereocenters. The van der Waals surface area contributed by atoms with Crippen molar-refractivity contribution in [3.63, 3.8) is 0 Å². The molecule has 0 aliphatic heterocycles. The Morgan fingerprint density at radius 1 is 0.846 bits per heavy atom. The van der Waals surface area contributed by atoms with Crippen LogP contribution in [0.25, 0.3) is 6.08 Å². The quantitative estimate of drug-likeness (QED) is 0.642. The lowest BCUT2D eigenvalue weighted by molar-refractivity contribution is 0.0369. The number of benzene rings is 3. The van der Waals surface area contributed by atoms with Crippen molar-refractivity contribution in [1.29, 1.82) is 0 Å². The van der Waals surface area contributed by atoms with E-state index in [9.17, 15) is 9.59 Å². The smallest absolute Gasteiger partial charge is 0.339 e. The summed E-state index contributed by atoms with van der Waals surface area (Å²) in [7, 11) is 0. The van der Waals surface area contributed by atoms with Gasteiger partial charge in [0.25, 0.3) is 0 Å². The van der Waals surface area contributed by atoms with Crippen LogP contribution < -0.4 is 0 Å². The topological polar surface area (TPSA) is 43.4 Å². The maximum absolute atomic E-state index is 12.7. The van der Waals surface area contributed by atoms with Gasteiger partial charge in [-0.25, -0.2) is 4.79 Å². The summed E-state index contributed by atoms with van der Waals surface area (Å²) >= 11 is 0. The molecule has 0 radical (unpaired) electrons. The van der Waals surface area contributed by atoms with Crippen LogP contribution in [-0.4, -0.2) is 11.8 Å². The summed E-state index contributed by atoms with van der Waals surface area (Å²) in [6.45, 7) is 3.71. The number of carbonyl (C=O) groups excluding carboxylic acids is 2. The SMILES string of the molecule is C=Cc1ccc(C(=O)OC2c3ccccc3C(=O)c3ccccc32)cc1. The van der Waals surface area contributed by atoms with E-state index in [1.165, 1.54) is 0 Å². The Morgan fingerprint density at radius 2 is 1.38 bits per heavy atom. The van der Waals surface area contributed by atoms with E-state index in [-0.39, 0.29) is 5.78 Å². The van der Waals surface area contributed by atoms with Gasteiger partial charge in [-0.1, -0.05) is 73.3 Å². The van der Waals surface area contributed by atoms with E-state index in [1.54, 1.807) is 30.3 Å². The molecule has 0 bridgehead atoms. The van der Waals surface area contributed by atoms with E-state index in [1.807, 2.05) is 48.5 Å². The van der Waals surface area contributed by atoms with Gasteiger partial charge in [0.1, 0.15) is 0 Å². The molecule has 4 rings (SSSR count). The first kappa shape index (κ1) is 16.0. The highest BCUT2D eigenvalue weighted by molar-refractivity contribution is 6.12. The summed E-state index contributed by atoms with van der Waals surface area (Å²) in [4.78, 5) is 25.4. The first-order valence-electron chi connectivity index (χ1n) is 8.35. The number of fused-ring (bicyclic) bond motifs is 2. The molecule has 0 atom stereocenters. The van der Waals surface area contributed by atoms with Crippen molar-refractivity contribution < 1.29 is 14.3 Å². The first-order chi connectivity index (χ1) is 12.7. The van der Waals surface area contributed by atoms with E-state index in [4.69, 9.17) is 4.74 Å². The van der Waals surface area contributed by atoms with E-state index in [2.05, 4.69) is 6.58 Å². The molecule has 0 amide bonds. The van der Waals surface area contributed by atoms with Gasteiger partial charge in [-0.2, -0.15) is 0 Å². The van der Waals surface area contributed by atoms with Crippen molar-refractivity contribution in [3.8, 4) is 0 Å². The molecule has 0 fully saturated rings. The predicted octanol–water partition coefficient (Wildman–Crippen LogP) is 4.82. The zero-order valence-corrected chi connectivity index (χ0v) is 14.0. The van der Waals surface area contributed by atoms with Crippen LogP contribution in [0, 0.1) is 0 Å². The molecule has 3 aromatic carbocycles. The number of hydrogen-bond donors (Lipinski definition) is 0.